The van der Waals surface area contributed by atoms with E-state index in [9.17, 15) is 4.79 Å². The highest BCUT2D eigenvalue weighted by Crippen LogP contribution is 2.13. The molecular weight excluding hydrogens is 248 g/mol. The van der Waals surface area contributed by atoms with E-state index in [-0.39, 0.29) is 11.9 Å². The molecule has 1 fully saturated rings. The van der Waals surface area contributed by atoms with Crippen LogP contribution in [0.3, 0.4) is 0 Å². The maximum atomic E-state index is 12.0. The highest BCUT2D eigenvalue weighted by molar-refractivity contribution is 7.99. The summed E-state index contributed by atoms with van der Waals surface area (Å²) in [5.41, 5.74) is 0. The van der Waals surface area contributed by atoms with Crippen molar-refractivity contribution in [2.75, 3.05) is 18.1 Å². The van der Waals surface area contributed by atoms with Crippen LogP contribution < -0.4 is 10.6 Å². The lowest BCUT2D eigenvalue weighted by atomic mass is 10.1. The molecule has 0 radical (unpaired) electrons. The lowest BCUT2D eigenvalue weighted by Crippen LogP contribution is -2.42. The van der Waals surface area contributed by atoms with Gasteiger partial charge in [-0.25, -0.2) is 4.98 Å². The predicted molar refractivity (Wildman–Crippen MR) is 73.5 cm³/mol. The Bertz CT molecular complexity index is 362. The summed E-state index contributed by atoms with van der Waals surface area (Å²) in [5, 5.41) is 6.41. The van der Waals surface area contributed by atoms with E-state index in [1.807, 2.05) is 18.7 Å². The molecule has 0 aromatic carbocycles. The second-order valence-electron chi connectivity index (χ2n) is 4.43. The number of aromatic nitrogens is 2. The molecular formula is C12H20N4OS. The maximum Gasteiger partial charge on any atom is 0.222 e. The first-order valence-electron chi connectivity index (χ1n) is 6.39. The number of amides is 1. The van der Waals surface area contributed by atoms with Crippen LogP contribution in [-0.2, 0) is 4.79 Å². The van der Waals surface area contributed by atoms with Crippen molar-refractivity contribution in [3.63, 3.8) is 0 Å². The Kier molecular flexibility index (Phi) is 5.07. The normalized spacial score (nSPS) is 21.5. The molecule has 1 aromatic rings. The van der Waals surface area contributed by atoms with Crippen molar-refractivity contribution in [2.45, 2.75) is 31.8 Å². The van der Waals surface area contributed by atoms with E-state index in [0.29, 0.717) is 12.5 Å². The van der Waals surface area contributed by atoms with Gasteiger partial charge in [-0.2, -0.15) is 11.8 Å². The molecule has 2 unspecified atom stereocenters. The van der Waals surface area contributed by atoms with Crippen molar-refractivity contribution < 1.29 is 4.79 Å². The number of thioether (sulfide) groups is 1. The molecule has 18 heavy (non-hydrogen) atoms. The van der Waals surface area contributed by atoms with Gasteiger partial charge in [0.1, 0.15) is 5.82 Å². The van der Waals surface area contributed by atoms with Crippen LogP contribution >= 0.6 is 11.8 Å². The van der Waals surface area contributed by atoms with E-state index in [4.69, 9.17) is 0 Å². The number of H-pyrrole nitrogens is 1. The lowest BCUT2D eigenvalue weighted by molar-refractivity contribution is -0.122. The SMILES string of the molecule is CCC(NC(=O)CC1CSCCN1)c1ncc[nH]1. The zero-order valence-electron chi connectivity index (χ0n) is 10.6. The van der Waals surface area contributed by atoms with Crippen LogP contribution in [0, 0.1) is 0 Å². The third-order valence-corrected chi connectivity index (χ3v) is 4.15. The quantitative estimate of drug-likeness (QED) is 0.747. The summed E-state index contributed by atoms with van der Waals surface area (Å²) in [6.45, 7) is 3.04. The molecule has 3 N–H and O–H groups in total. The second kappa shape index (κ2) is 6.80. The van der Waals surface area contributed by atoms with Crippen molar-refractivity contribution in [3.8, 4) is 0 Å². The molecule has 1 aromatic heterocycles. The van der Waals surface area contributed by atoms with Crippen molar-refractivity contribution in [1.82, 2.24) is 20.6 Å². The number of rotatable bonds is 5. The molecule has 0 spiro atoms. The zero-order valence-corrected chi connectivity index (χ0v) is 11.4. The average molecular weight is 268 g/mol. The van der Waals surface area contributed by atoms with Crippen molar-refractivity contribution in [2.24, 2.45) is 0 Å². The molecule has 1 aliphatic rings. The van der Waals surface area contributed by atoms with Gasteiger partial charge in [-0.3, -0.25) is 4.79 Å². The van der Waals surface area contributed by atoms with Gasteiger partial charge in [0, 0.05) is 42.9 Å². The Morgan fingerprint density at radius 1 is 1.72 bits per heavy atom. The van der Waals surface area contributed by atoms with E-state index >= 15 is 0 Å². The predicted octanol–water partition coefficient (Wildman–Crippen LogP) is 1.07. The van der Waals surface area contributed by atoms with Crippen LogP contribution in [0.5, 0.6) is 0 Å². The van der Waals surface area contributed by atoms with Crippen LogP contribution in [-0.4, -0.2) is 40.0 Å². The van der Waals surface area contributed by atoms with Gasteiger partial charge in [-0.05, 0) is 6.42 Å². The first-order chi connectivity index (χ1) is 8.79. The fourth-order valence-corrected chi connectivity index (χ4v) is 3.01. The molecule has 2 atom stereocenters. The largest absolute Gasteiger partial charge is 0.347 e. The molecule has 5 nitrogen and oxygen atoms in total. The van der Waals surface area contributed by atoms with Gasteiger partial charge < -0.3 is 15.6 Å². The van der Waals surface area contributed by atoms with Gasteiger partial charge in [-0.15, -0.1) is 0 Å². The van der Waals surface area contributed by atoms with E-state index in [2.05, 4.69) is 20.6 Å². The van der Waals surface area contributed by atoms with Crippen LogP contribution in [0.2, 0.25) is 0 Å². The number of carbonyl (C=O) groups excluding carboxylic acids is 1. The third-order valence-electron chi connectivity index (χ3n) is 3.02. The van der Waals surface area contributed by atoms with Gasteiger partial charge in [0.2, 0.25) is 5.91 Å². The van der Waals surface area contributed by atoms with Crippen molar-refractivity contribution in [1.29, 1.82) is 0 Å². The maximum absolute atomic E-state index is 12.0. The summed E-state index contributed by atoms with van der Waals surface area (Å²) in [7, 11) is 0. The molecule has 100 valence electrons. The fourth-order valence-electron chi connectivity index (χ4n) is 2.06. The minimum absolute atomic E-state index is 0.0104. The first kappa shape index (κ1) is 13.4. The Hall–Kier alpha value is -1.01. The first-order valence-corrected chi connectivity index (χ1v) is 7.54. The molecule has 0 saturated carbocycles. The summed E-state index contributed by atoms with van der Waals surface area (Å²) in [5.74, 6) is 3.09. The van der Waals surface area contributed by atoms with Crippen LogP contribution in [0.15, 0.2) is 12.4 Å². The van der Waals surface area contributed by atoms with E-state index in [1.54, 1.807) is 12.4 Å². The molecule has 6 heteroatoms. The minimum atomic E-state index is -0.0104. The van der Waals surface area contributed by atoms with Gasteiger partial charge in [0.25, 0.3) is 0 Å². The Morgan fingerprint density at radius 2 is 2.61 bits per heavy atom. The van der Waals surface area contributed by atoms with Gasteiger partial charge >= 0.3 is 0 Å². The van der Waals surface area contributed by atoms with Gasteiger partial charge in [0.05, 0.1) is 6.04 Å². The number of carbonyl (C=O) groups is 1. The number of imidazole rings is 1. The molecule has 1 aliphatic heterocycles. The molecule has 0 aliphatic carbocycles. The number of hydrogen-bond donors (Lipinski definition) is 3. The molecule has 1 saturated heterocycles. The summed E-state index contributed by atoms with van der Waals surface area (Å²) in [6, 6.07) is 0.293. The summed E-state index contributed by atoms with van der Waals surface area (Å²) in [4.78, 5) is 19.2. The Balaban J connectivity index is 1.82. The molecule has 2 heterocycles. The lowest BCUT2D eigenvalue weighted by Gasteiger charge is -2.23. The van der Waals surface area contributed by atoms with Crippen LogP contribution in [0.4, 0.5) is 0 Å². The highest BCUT2D eigenvalue weighted by atomic mass is 32.2. The van der Waals surface area contributed by atoms with Gasteiger partial charge in [-0.1, -0.05) is 6.92 Å². The third kappa shape index (κ3) is 3.74. The Labute approximate surface area is 112 Å². The zero-order chi connectivity index (χ0) is 12.8. The number of nitrogens with zero attached hydrogens (tertiary/aromatic N) is 1. The van der Waals surface area contributed by atoms with Crippen molar-refractivity contribution in [3.05, 3.63) is 18.2 Å². The highest BCUT2D eigenvalue weighted by Gasteiger charge is 2.19. The minimum Gasteiger partial charge on any atom is -0.347 e. The fraction of sp³-hybridized carbons (Fsp3) is 0.667. The smallest absolute Gasteiger partial charge is 0.222 e. The number of nitrogens with one attached hydrogen (secondary N) is 3. The topological polar surface area (TPSA) is 69.8 Å². The molecule has 2 rings (SSSR count). The van der Waals surface area contributed by atoms with Gasteiger partial charge in [0.15, 0.2) is 0 Å². The van der Waals surface area contributed by atoms with Crippen molar-refractivity contribution >= 4 is 17.7 Å². The van der Waals surface area contributed by atoms with E-state index < -0.39 is 0 Å². The number of aromatic amines is 1. The Morgan fingerprint density at radius 3 is 3.22 bits per heavy atom. The monoisotopic (exact) mass is 268 g/mol. The van der Waals surface area contributed by atoms with E-state index in [0.717, 1.165) is 30.3 Å². The summed E-state index contributed by atoms with van der Waals surface area (Å²) < 4.78 is 0. The van der Waals surface area contributed by atoms with Crippen LogP contribution in [0.1, 0.15) is 31.6 Å². The molecule has 1 amide bonds. The van der Waals surface area contributed by atoms with Crippen LogP contribution in [0.25, 0.3) is 0 Å². The van der Waals surface area contributed by atoms with E-state index in [1.165, 1.54) is 0 Å². The molecule has 0 bridgehead atoms. The average Bonchev–Trinajstić information content (AvgIpc) is 2.91. The summed E-state index contributed by atoms with van der Waals surface area (Å²) in [6.07, 6.45) is 4.88. The number of hydrogen-bond acceptors (Lipinski definition) is 4. The second-order valence-corrected chi connectivity index (χ2v) is 5.58. The summed E-state index contributed by atoms with van der Waals surface area (Å²) >= 11 is 1.91. The standard InChI is InChI=1S/C12H20N4OS/c1-2-10(12-14-3-4-15-12)16-11(17)7-9-8-18-6-5-13-9/h3-4,9-10,13H,2,5-8H2,1H3,(H,14,15)(H,16,17).